The lowest BCUT2D eigenvalue weighted by Crippen LogP contribution is -2.74. The van der Waals surface area contributed by atoms with E-state index in [9.17, 15) is 0 Å². The third kappa shape index (κ3) is 5.91. The van der Waals surface area contributed by atoms with E-state index in [0.29, 0.717) is 0 Å². The minimum atomic E-state index is -3.07. The Morgan fingerprint density at radius 1 is 0.203 bits per heavy atom. The molecule has 0 N–H and O–H groups in total. The van der Waals surface area contributed by atoms with E-state index in [1.807, 2.05) is 0 Å². The first-order valence-corrected chi connectivity index (χ1v) is 25.9. The summed E-state index contributed by atoms with van der Waals surface area (Å²) in [5.74, 6) is 0. The Bertz CT molecular complexity index is 4040. The van der Waals surface area contributed by atoms with Gasteiger partial charge < -0.3 is 9.13 Å². The molecule has 0 bridgehead atoms. The number of aromatic nitrogens is 2. The maximum atomic E-state index is 2.56. The second kappa shape index (κ2) is 15.7. The van der Waals surface area contributed by atoms with E-state index in [0.717, 1.165) is 11.4 Å². The number of benzene rings is 11. The van der Waals surface area contributed by atoms with Crippen LogP contribution >= 0.6 is 0 Å². The molecule has 3 heteroatoms. The van der Waals surface area contributed by atoms with Gasteiger partial charge in [0.1, 0.15) is 0 Å². The van der Waals surface area contributed by atoms with Gasteiger partial charge in [-0.15, -0.1) is 0 Å². The molecule has 0 aliphatic heterocycles. The lowest BCUT2D eigenvalue weighted by molar-refractivity contribution is 1.17. The van der Waals surface area contributed by atoms with E-state index in [1.165, 1.54) is 109 Å². The molecule has 1 aliphatic rings. The van der Waals surface area contributed by atoms with Gasteiger partial charge in [-0.2, -0.15) is 0 Å². The largest absolute Gasteiger partial charge is 0.309 e. The minimum Gasteiger partial charge on any atom is -0.309 e. The van der Waals surface area contributed by atoms with Gasteiger partial charge >= 0.3 is 0 Å². The number of rotatable bonds is 6. The van der Waals surface area contributed by atoms with Crippen LogP contribution in [0.1, 0.15) is 0 Å². The molecule has 11 aromatic carbocycles. The molecular formula is C66H44N2Si. The van der Waals surface area contributed by atoms with Gasteiger partial charge in [0.2, 0.25) is 0 Å². The van der Waals surface area contributed by atoms with Gasteiger partial charge in [-0.25, -0.2) is 0 Å². The standard InChI is InChI=1S/C66H44N2Si/c1-3-21-47(22-4-1)69(48-23-5-2-6-24-48,50-39-40-57-55-30-10-9-28-53(55)51-26-7-8-27-52(51)54-29-11-12-31-56(54)61(57)44-50)49-25-19-20-45(42-49)67-65-37-18-15-34-60(65)62-43-46(38-41-66(62)67)68-63-35-16-13-32-58(63)59-33-14-17-36-64(59)68/h1-44H. The van der Waals surface area contributed by atoms with Crippen molar-refractivity contribution < 1.29 is 0 Å². The number of nitrogens with zero attached hydrogens (tertiary/aromatic N) is 2. The van der Waals surface area contributed by atoms with Gasteiger partial charge in [-0.3, -0.25) is 0 Å². The van der Waals surface area contributed by atoms with Crippen LogP contribution in [0, 0.1) is 0 Å². The van der Waals surface area contributed by atoms with Crippen molar-refractivity contribution in [2.75, 3.05) is 0 Å². The maximum absolute atomic E-state index is 3.07. The van der Waals surface area contributed by atoms with Crippen molar-refractivity contribution in [3.8, 4) is 55.9 Å². The molecule has 0 saturated carbocycles. The van der Waals surface area contributed by atoms with E-state index in [2.05, 4.69) is 276 Å². The highest BCUT2D eigenvalue weighted by molar-refractivity contribution is 7.20. The van der Waals surface area contributed by atoms with Gasteiger partial charge in [-0.1, -0.05) is 218 Å². The van der Waals surface area contributed by atoms with Gasteiger partial charge in [-0.05, 0) is 114 Å². The first-order valence-electron chi connectivity index (χ1n) is 23.9. The van der Waals surface area contributed by atoms with Crippen LogP contribution in [0.25, 0.3) is 99.5 Å². The molecule has 0 unspecified atom stereocenters. The van der Waals surface area contributed by atoms with Crippen molar-refractivity contribution >= 4 is 72.4 Å². The van der Waals surface area contributed by atoms with Crippen LogP contribution in [0.2, 0.25) is 0 Å². The Balaban J connectivity index is 1.02. The van der Waals surface area contributed by atoms with Crippen molar-refractivity contribution in [2.24, 2.45) is 0 Å². The Morgan fingerprint density at radius 2 is 0.565 bits per heavy atom. The number of fused-ring (bicyclic) bond motifs is 14. The molecule has 0 fully saturated rings. The number of hydrogen-bond acceptors (Lipinski definition) is 0. The highest BCUT2D eigenvalue weighted by Crippen LogP contribution is 2.47. The topological polar surface area (TPSA) is 9.86 Å². The Hall–Kier alpha value is -8.76. The summed E-state index contributed by atoms with van der Waals surface area (Å²) in [6.45, 7) is 0. The lowest BCUT2D eigenvalue weighted by atomic mass is 9.81. The molecule has 69 heavy (non-hydrogen) atoms. The second-order valence-corrected chi connectivity index (χ2v) is 22.2. The Morgan fingerprint density at radius 3 is 1.07 bits per heavy atom. The molecule has 13 aromatic rings. The van der Waals surface area contributed by atoms with Crippen LogP contribution in [0.5, 0.6) is 0 Å². The van der Waals surface area contributed by atoms with Crippen molar-refractivity contribution in [1.82, 2.24) is 9.13 Å². The Kier molecular flexibility index (Phi) is 8.95. The smallest absolute Gasteiger partial charge is 0.179 e. The zero-order chi connectivity index (χ0) is 45.5. The molecule has 14 rings (SSSR count). The molecule has 1 aliphatic carbocycles. The minimum absolute atomic E-state index is 1.15. The predicted molar refractivity (Wildman–Crippen MR) is 294 cm³/mol. The number of para-hydroxylation sites is 3. The van der Waals surface area contributed by atoms with E-state index >= 15 is 0 Å². The summed E-state index contributed by atoms with van der Waals surface area (Å²) < 4.78 is 4.92. The highest BCUT2D eigenvalue weighted by Gasteiger charge is 2.42. The normalized spacial score (nSPS) is 12.1. The van der Waals surface area contributed by atoms with Gasteiger partial charge in [0.15, 0.2) is 8.07 Å². The summed E-state index contributed by atoms with van der Waals surface area (Å²) >= 11 is 0. The summed E-state index contributed by atoms with van der Waals surface area (Å²) in [5, 5.41) is 10.4. The molecule has 322 valence electrons. The molecule has 0 amide bonds. The summed E-state index contributed by atoms with van der Waals surface area (Å²) in [6.07, 6.45) is 0. The van der Waals surface area contributed by atoms with Crippen LogP contribution in [0.15, 0.2) is 267 Å². The highest BCUT2D eigenvalue weighted by atomic mass is 28.3. The van der Waals surface area contributed by atoms with Crippen molar-refractivity contribution in [3.05, 3.63) is 267 Å². The average molecular weight is 893 g/mol. The van der Waals surface area contributed by atoms with Crippen molar-refractivity contribution in [2.45, 2.75) is 0 Å². The molecule has 0 saturated heterocycles. The predicted octanol–water partition coefficient (Wildman–Crippen LogP) is 14.2. The van der Waals surface area contributed by atoms with Crippen LogP contribution in [-0.2, 0) is 0 Å². The third-order valence-corrected chi connectivity index (χ3v) is 19.6. The van der Waals surface area contributed by atoms with Crippen molar-refractivity contribution in [1.29, 1.82) is 0 Å². The summed E-state index contributed by atoms with van der Waals surface area (Å²) in [6, 6.07) is 100. The summed E-state index contributed by atoms with van der Waals surface area (Å²) in [4.78, 5) is 0. The Labute approximate surface area is 402 Å². The molecule has 2 heterocycles. The SMILES string of the molecule is c1ccc([Si](c2ccccc2)(c2cccc(-n3c4ccccc4c4cc(-n5c6ccccc6c6ccccc65)ccc43)c2)c2ccc3c(c2)-c2ccccc2-c2ccccc2-c2ccccc2-3)cc1. The fourth-order valence-corrected chi connectivity index (χ4v) is 16.7. The van der Waals surface area contributed by atoms with E-state index < -0.39 is 8.07 Å². The molecular weight excluding hydrogens is 849 g/mol. The molecule has 2 nitrogen and oxygen atoms in total. The van der Waals surface area contributed by atoms with E-state index in [4.69, 9.17) is 0 Å². The zero-order valence-electron chi connectivity index (χ0n) is 37.8. The monoisotopic (exact) mass is 892 g/mol. The van der Waals surface area contributed by atoms with E-state index in [-0.39, 0.29) is 0 Å². The quantitative estimate of drug-likeness (QED) is 0.116. The first kappa shape index (κ1) is 39.4. The maximum Gasteiger partial charge on any atom is 0.179 e. The lowest BCUT2D eigenvalue weighted by Gasteiger charge is -2.35. The van der Waals surface area contributed by atoms with Crippen LogP contribution in [0.3, 0.4) is 0 Å². The van der Waals surface area contributed by atoms with Gasteiger partial charge in [0.25, 0.3) is 0 Å². The molecule has 0 atom stereocenters. The zero-order valence-corrected chi connectivity index (χ0v) is 38.8. The molecule has 0 radical (unpaired) electrons. The second-order valence-electron chi connectivity index (χ2n) is 18.4. The fourth-order valence-electron chi connectivity index (χ4n) is 11.9. The summed E-state index contributed by atoms with van der Waals surface area (Å²) in [5.41, 5.74) is 17.1. The van der Waals surface area contributed by atoms with Gasteiger partial charge in [0.05, 0.1) is 22.1 Å². The van der Waals surface area contributed by atoms with Gasteiger partial charge in [0, 0.05) is 32.9 Å². The summed E-state index contributed by atoms with van der Waals surface area (Å²) in [7, 11) is -3.07. The molecule has 2 aromatic heterocycles. The molecule has 0 spiro atoms. The van der Waals surface area contributed by atoms with Crippen LogP contribution in [-0.4, -0.2) is 17.2 Å². The average Bonchev–Trinajstić information content (AvgIpc) is 3.94. The first-order chi connectivity index (χ1) is 34.3. The van der Waals surface area contributed by atoms with Crippen molar-refractivity contribution in [3.63, 3.8) is 0 Å². The van der Waals surface area contributed by atoms with E-state index in [1.54, 1.807) is 0 Å². The van der Waals surface area contributed by atoms with Crippen LogP contribution in [0.4, 0.5) is 0 Å². The van der Waals surface area contributed by atoms with Crippen LogP contribution < -0.4 is 20.7 Å². The third-order valence-electron chi connectivity index (χ3n) is 14.8. The fraction of sp³-hybridized carbons (Fsp3) is 0. The number of hydrogen-bond donors (Lipinski definition) is 0.